The normalized spacial score (nSPS) is 21.9. The summed E-state index contributed by atoms with van der Waals surface area (Å²) in [6.45, 7) is 1.10. The second-order valence-electron chi connectivity index (χ2n) is 6.25. The number of fused-ring (bicyclic) bond motifs is 1. The summed E-state index contributed by atoms with van der Waals surface area (Å²) in [4.78, 5) is 12.4. The van der Waals surface area contributed by atoms with Gasteiger partial charge in [0.2, 0.25) is 6.79 Å². The number of rotatable bonds is 5. The van der Waals surface area contributed by atoms with E-state index < -0.39 is 4.92 Å². The zero-order valence-corrected chi connectivity index (χ0v) is 13.9. The van der Waals surface area contributed by atoms with Crippen LogP contribution in [0.25, 0.3) is 0 Å². The van der Waals surface area contributed by atoms with Gasteiger partial charge in [-0.05, 0) is 35.4 Å². The predicted molar refractivity (Wildman–Crippen MR) is 90.8 cm³/mol. The summed E-state index contributed by atoms with van der Waals surface area (Å²) in [5.41, 5.74) is 1.87. The van der Waals surface area contributed by atoms with Crippen molar-refractivity contribution in [2.24, 2.45) is 0 Å². The molecule has 0 aliphatic carbocycles. The standard InChI is InChI=1S/C18H18N2O6/c21-9-15-18(13-2-4-14(5-3-13)20(22)23)24-10-19(15)8-12-1-6-16-17(7-12)26-11-25-16/h1-7,15,18,21H,8-11H2. The number of non-ortho nitro benzene ring substituents is 1. The van der Waals surface area contributed by atoms with E-state index in [0.717, 1.165) is 22.6 Å². The minimum Gasteiger partial charge on any atom is -0.454 e. The largest absolute Gasteiger partial charge is 0.454 e. The third-order valence-electron chi connectivity index (χ3n) is 4.68. The molecule has 4 rings (SSSR count). The lowest BCUT2D eigenvalue weighted by Crippen LogP contribution is -2.34. The zero-order chi connectivity index (χ0) is 18.1. The van der Waals surface area contributed by atoms with Crippen molar-refractivity contribution in [1.29, 1.82) is 0 Å². The molecular formula is C18H18N2O6. The summed E-state index contributed by atoms with van der Waals surface area (Å²) in [6.07, 6.45) is -0.338. The molecule has 2 aromatic rings. The first kappa shape index (κ1) is 16.8. The summed E-state index contributed by atoms with van der Waals surface area (Å²) in [7, 11) is 0. The summed E-state index contributed by atoms with van der Waals surface area (Å²) < 4.78 is 16.6. The van der Waals surface area contributed by atoms with Crippen LogP contribution in [0.3, 0.4) is 0 Å². The van der Waals surface area contributed by atoms with E-state index in [4.69, 9.17) is 14.2 Å². The van der Waals surface area contributed by atoms with Gasteiger partial charge in [-0.2, -0.15) is 0 Å². The van der Waals surface area contributed by atoms with Gasteiger partial charge in [-0.1, -0.05) is 6.07 Å². The highest BCUT2D eigenvalue weighted by Gasteiger charge is 2.36. The number of nitro benzene ring substituents is 1. The highest BCUT2D eigenvalue weighted by Crippen LogP contribution is 2.35. The highest BCUT2D eigenvalue weighted by atomic mass is 16.7. The van der Waals surface area contributed by atoms with Gasteiger partial charge in [0.1, 0.15) is 12.8 Å². The maximum absolute atomic E-state index is 10.8. The van der Waals surface area contributed by atoms with Gasteiger partial charge in [-0.3, -0.25) is 15.0 Å². The summed E-state index contributed by atoms with van der Waals surface area (Å²) in [5, 5.41) is 20.7. The van der Waals surface area contributed by atoms with Crippen LogP contribution in [0.15, 0.2) is 42.5 Å². The Morgan fingerprint density at radius 1 is 1.15 bits per heavy atom. The Morgan fingerprint density at radius 2 is 1.92 bits per heavy atom. The summed E-state index contributed by atoms with van der Waals surface area (Å²) in [6, 6.07) is 11.8. The quantitative estimate of drug-likeness (QED) is 0.647. The van der Waals surface area contributed by atoms with E-state index in [1.165, 1.54) is 12.1 Å². The summed E-state index contributed by atoms with van der Waals surface area (Å²) >= 11 is 0. The molecule has 1 N–H and O–H groups in total. The molecule has 0 radical (unpaired) electrons. The zero-order valence-electron chi connectivity index (χ0n) is 13.9. The third-order valence-corrected chi connectivity index (χ3v) is 4.68. The smallest absolute Gasteiger partial charge is 0.269 e. The van der Waals surface area contributed by atoms with Gasteiger partial charge < -0.3 is 19.3 Å². The molecule has 8 nitrogen and oxygen atoms in total. The number of nitro groups is 1. The lowest BCUT2D eigenvalue weighted by Gasteiger charge is -2.24. The van der Waals surface area contributed by atoms with Crippen LogP contribution >= 0.6 is 0 Å². The van der Waals surface area contributed by atoms with Crippen LogP contribution in [0, 0.1) is 10.1 Å². The molecule has 0 spiro atoms. The Bertz CT molecular complexity index is 810. The Morgan fingerprint density at radius 3 is 2.65 bits per heavy atom. The minimum absolute atomic E-state index is 0.0320. The van der Waals surface area contributed by atoms with E-state index in [1.54, 1.807) is 12.1 Å². The number of ether oxygens (including phenoxy) is 3. The first-order valence-corrected chi connectivity index (χ1v) is 8.25. The molecule has 26 heavy (non-hydrogen) atoms. The molecule has 2 aliphatic heterocycles. The Hall–Kier alpha value is -2.68. The lowest BCUT2D eigenvalue weighted by atomic mass is 10.0. The molecular weight excluding hydrogens is 340 g/mol. The van der Waals surface area contributed by atoms with Crippen LogP contribution in [0.4, 0.5) is 5.69 Å². The van der Waals surface area contributed by atoms with Crippen molar-refractivity contribution in [2.45, 2.75) is 18.7 Å². The van der Waals surface area contributed by atoms with Crippen molar-refractivity contribution in [3.63, 3.8) is 0 Å². The topological polar surface area (TPSA) is 94.3 Å². The van der Waals surface area contributed by atoms with Gasteiger partial charge in [0, 0.05) is 18.7 Å². The maximum atomic E-state index is 10.8. The SMILES string of the molecule is O=[N+]([O-])c1ccc(C2OCN(Cc3ccc4c(c3)OCO4)C2CO)cc1. The monoisotopic (exact) mass is 358 g/mol. The van der Waals surface area contributed by atoms with Crippen LogP contribution in [0.2, 0.25) is 0 Å². The molecule has 0 aromatic heterocycles. The molecule has 2 aliphatic rings. The first-order chi connectivity index (χ1) is 12.7. The van der Waals surface area contributed by atoms with Crippen molar-refractivity contribution in [3.8, 4) is 11.5 Å². The van der Waals surface area contributed by atoms with Crippen molar-refractivity contribution >= 4 is 5.69 Å². The predicted octanol–water partition coefficient (Wildman–Crippen LogP) is 2.22. The maximum Gasteiger partial charge on any atom is 0.269 e. The lowest BCUT2D eigenvalue weighted by molar-refractivity contribution is -0.384. The van der Waals surface area contributed by atoms with Crippen molar-refractivity contribution in [3.05, 3.63) is 63.7 Å². The fourth-order valence-electron chi connectivity index (χ4n) is 3.33. The molecule has 2 unspecified atom stereocenters. The van der Waals surface area contributed by atoms with Crippen LogP contribution in [-0.2, 0) is 11.3 Å². The molecule has 2 heterocycles. The number of nitrogens with zero attached hydrogens (tertiary/aromatic N) is 2. The number of hydrogen-bond donors (Lipinski definition) is 1. The van der Waals surface area contributed by atoms with Gasteiger partial charge >= 0.3 is 0 Å². The molecule has 2 atom stereocenters. The molecule has 136 valence electrons. The number of aliphatic hydroxyl groups is 1. The minimum atomic E-state index is -0.436. The highest BCUT2D eigenvalue weighted by molar-refractivity contribution is 5.44. The van der Waals surface area contributed by atoms with Gasteiger partial charge in [-0.25, -0.2) is 0 Å². The van der Waals surface area contributed by atoms with E-state index in [9.17, 15) is 15.2 Å². The number of benzene rings is 2. The molecule has 0 amide bonds. The van der Waals surface area contributed by atoms with Gasteiger partial charge in [0.05, 0.1) is 17.6 Å². The Kier molecular flexibility index (Phi) is 4.46. The van der Waals surface area contributed by atoms with Crippen LogP contribution in [0.1, 0.15) is 17.2 Å². The molecule has 0 bridgehead atoms. The van der Waals surface area contributed by atoms with Crippen molar-refractivity contribution < 1.29 is 24.2 Å². The Balaban J connectivity index is 1.49. The number of hydrogen-bond acceptors (Lipinski definition) is 7. The van der Waals surface area contributed by atoms with Gasteiger partial charge in [0.25, 0.3) is 5.69 Å². The fraction of sp³-hybridized carbons (Fsp3) is 0.333. The third kappa shape index (κ3) is 3.10. The number of aliphatic hydroxyl groups excluding tert-OH is 1. The average molecular weight is 358 g/mol. The van der Waals surface area contributed by atoms with E-state index in [0.29, 0.717) is 13.3 Å². The van der Waals surface area contributed by atoms with Crippen molar-refractivity contribution in [2.75, 3.05) is 20.1 Å². The van der Waals surface area contributed by atoms with Crippen LogP contribution in [-0.4, -0.2) is 41.1 Å². The van der Waals surface area contributed by atoms with Crippen LogP contribution < -0.4 is 9.47 Å². The molecule has 2 aromatic carbocycles. The molecule has 0 saturated carbocycles. The van der Waals surface area contributed by atoms with Crippen molar-refractivity contribution in [1.82, 2.24) is 4.90 Å². The average Bonchev–Trinajstić information content (AvgIpc) is 3.28. The summed E-state index contributed by atoms with van der Waals surface area (Å²) in [5.74, 6) is 1.45. The van der Waals surface area contributed by atoms with E-state index in [1.807, 2.05) is 23.1 Å². The van der Waals surface area contributed by atoms with E-state index in [2.05, 4.69) is 0 Å². The van der Waals surface area contributed by atoms with E-state index in [-0.39, 0.29) is 31.2 Å². The first-order valence-electron chi connectivity index (χ1n) is 8.25. The van der Waals surface area contributed by atoms with E-state index >= 15 is 0 Å². The second-order valence-corrected chi connectivity index (χ2v) is 6.25. The molecule has 1 fully saturated rings. The van der Waals surface area contributed by atoms with Gasteiger partial charge in [0.15, 0.2) is 11.5 Å². The van der Waals surface area contributed by atoms with Gasteiger partial charge in [-0.15, -0.1) is 0 Å². The fourth-order valence-corrected chi connectivity index (χ4v) is 3.33. The van der Waals surface area contributed by atoms with Crippen LogP contribution in [0.5, 0.6) is 11.5 Å². The second kappa shape index (κ2) is 6.91. The molecule has 1 saturated heterocycles. The Labute approximate surface area is 149 Å². The molecule has 8 heteroatoms.